The lowest BCUT2D eigenvalue weighted by Crippen LogP contribution is -2.04. The van der Waals surface area contributed by atoms with Gasteiger partial charge in [-0.25, -0.2) is 4.68 Å². The van der Waals surface area contributed by atoms with E-state index in [9.17, 15) is 0 Å². The summed E-state index contributed by atoms with van der Waals surface area (Å²) in [5.74, 6) is 1.51. The topological polar surface area (TPSA) is 56.7 Å². The second-order valence-corrected chi connectivity index (χ2v) is 4.23. The van der Waals surface area contributed by atoms with Crippen molar-refractivity contribution in [3.63, 3.8) is 0 Å². The van der Waals surface area contributed by atoms with Crippen molar-refractivity contribution < 1.29 is 0 Å². The normalized spacial score (nSPS) is 11.0. The molecule has 0 unspecified atom stereocenters. The van der Waals surface area contributed by atoms with Crippen molar-refractivity contribution in [2.24, 2.45) is 0 Å². The molecular weight excluding hydrogens is 200 g/mol. The van der Waals surface area contributed by atoms with E-state index in [0.29, 0.717) is 11.9 Å². The molecule has 0 radical (unpaired) electrons. The van der Waals surface area contributed by atoms with E-state index >= 15 is 0 Å². The van der Waals surface area contributed by atoms with Crippen molar-refractivity contribution in [3.8, 4) is 5.69 Å². The molecular formula is C12H16N4. The molecule has 0 bridgehead atoms. The minimum Gasteiger partial charge on any atom is -0.366 e. The summed E-state index contributed by atoms with van der Waals surface area (Å²) in [6.45, 7) is 6.21. The average Bonchev–Trinajstić information content (AvgIpc) is 2.61. The Labute approximate surface area is 95.1 Å². The first-order chi connectivity index (χ1) is 7.58. The fourth-order valence-corrected chi connectivity index (χ4v) is 1.59. The maximum Gasteiger partial charge on any atom is 0.240 e. The van der Waals surface area contributed by atoms with Crippen LogP contribution in [0, 0.1) is 6.92 Å². The molecule has 0 spiro atoms. The van der Waals surface area contributed by atoms with E-state index in [-0.39, 0.29) is 0 Å². The van der Waals surface area contributed by atoms with Crippen LogP contribution in [0.1, 0.15) is 31.2 Å². The van der Waals surface area contributed by atoms with Crippen LogP contribution in [-0.2, 0) is 0 Å². The lowest BCUT2D eigenvalue weighted by molar-refractivity contribution is 0.714. The number of rotatable bonds is 2. The first kappa shape index (κ1) is 10.7. The number of anilines is 1. The third kappa shape index (κ3) is 1.91. The van der Waals surface area contributed by atoms with Crippen LogP contribution in [0.15, 0.2) is 24.3 Å². The lowest BCUT2D eigenvalue weighted by atomic mass is 10.2. The van der Waals surface area contributed by atoms with Crippen LogP contribution in [0.2, 0.25) is 0 Å². The molecule has 4 nitrogen and oxygen atoms in total. The minimum absolute atomic E-state index is 0.297. The van der Waals surface area contributed by atoms with Gasteiger partial charge in [0, 0.05) is 5.92 Å². The third-order valence-electron chi connectivity index (χ3n) is 2.44. The molecule has 2 rings (SSSR count). The number of aromatic nitrogens is 3. The van der Waals surface area contributed by atoms with Gasteiger partial charge in [-0.2, -0.15) is 4.98 Å². The molecule has 0 saturated carbocycles. The maximum atomic E-state index is 5.64. The fourth-order valence-electron chi connectivity index (χ4n) is 1.59. The number of benzene rings is 1. The number of nitrogen functional groups attached to an aromatic ring is 1. The number of nitrogens with two attached hydrogens (primary N) is 1. The van der Waals surface area contributed by atoms with Gasteiger partial charge in [-0.05, 0) is 19.1 Å². The second-order valence-electron chi connectivity index (χ2n) is 4.23. The molecule has 1 aromatic heterocycles. The summed E-state index contributed by atoms with van der Waals surface area (Å²) in [6, 6.07) is 8.15. The van der Waals surface area contributed by atoms with Crippen LogP contribution in [0.4, 0.5) is 5.95 Å². The monoisotopic (exact) mass is 216 g/mol. The quantitative estimate of drug-likeness (QED) is 0.837. The molecule has 0 aliphatic heterocycles. The van der Waals surface area contributed by atoms with Crippen LogP contribution in [0.3, 0.4) is 0 Å². The molecule has 1 heterocycles. The molecule has 1 aromatic carbocycles. The molecule has 2 N–H and O–H groups in total. The molecule has 2 aromatic rings. The highest BCUT2D eigenvalue weighted by Gasteiger charge is 2.12. The highest BCUT2D eigenvalue weighted by molar-refractivity contribution is 5.36. The number of hydrogen-bond acceptors (Lipinski definition) is 3. The van der Waals surface area contributed by atoms with E-state index in [2.05, 4.69) is 43.0 Å². The van der Waals surface area contributed by atoms with Gasteiger partial charge in [-0.3, -0.25) is 0 Å². The molecule has 0 atom stereocenters. The van der Waals surface area contributed by atoms with Crippen LogP contribution in [-0.4, -0.2) is 14.8 Å². The van der Waals surface area contributed by atoms with Crippen molar-refractivity contribution in [2.45, 2.75) is 26.7 Å². The van der Waals surface area contributed by atoms with Gasteiger partial charge in [0.05, 0.1) is 5.69 Å². The Bertz CT molecular complexity index is 482. The van der Waals surface area contributed by atoms with Gasteiger partial charge >= 0.3 is 0 Å². The van der Waals surface area contributed by atoms with Crippen LogP contribution in [0.5, 0.6) is 0 Å². The zero-order chi connectivity index (χ0) is 11.7. The van der Waals surface area contributed by atoms with Crippen LogP contribution >= 0.6 is 0 Å². The Hall–Kier alpha value is -1.84. The molecule has 0 aliphatic carbocycles. The second kappa shape index (κ2) is 3.96. The molecule has 16 heavy (non-hydrogen) atoms. The molecule has 0 amide bonds. The predicted molar refractivity (Wildman–Crippen MR) is 64.6 cm³/mol. The van der Waals surface area contributed by atoms with Crippen molar-refractivity contribution >= 4 is 5.95 Å². The Morgan fingerprint density at radius 3 is 2.38 bits per heavy atom. The van der Waals surface area contributed by atoms with Gasteiger partial charge in [-0.1, -0.05) is 31.5 Å². The Balaban J connectivity index is 2.50. The van der Waals surface area contributed by atoms with Crippen molar-refractivity contribution in [1.82, 2.24) is 14.8 Å². The highest BCUT2D eigenvalue weighted by atomic mass is 15.4. The van der Waals surface area contributed by atoms with Crippen LogP contribution in [0.25, 0.3) is 5.69 Å². The smallest absolute Gasteiger partial charge is 0.240 e. The standard InChI is InChI=1S/C12H16N4/c1-8(2)11-14-12(13)15-16(11)10-6-4-9(3)5-7-10/h4-8H,1-3H3,(H2,13,15). The van der Waals surface area contributed by atoms with Gasteiger partial charge in [0.2, 0.25) is 5.95 Å². The summed E-state index contributed by atoms with van der Waals surface area (Å²) in [4.78, 5) is 4.24. The minimum atomic E-state index is 0.297. The first-order valence-corrected chi connectivity index (χ1v) is 5.37. The predicted octanol–water partition coefficient (Wildman–Crippen LogP) is 2.28. The first-order valence-electron chi connectivity index (χ1n) is 5.37. The fraction of sp³-hybridized carbons (Fsp3) is 0.333. The van der Waals surface area contributed by atoms with Gasteiger partial charge in [0.1, 0.15) is 5.82 Å². The lowest BCUT2D eigenvalue weighted by Gasteiger charge is -2.07. The summed E-state index contributed by atoms with van der Waals surface area (Å²) in [7, 11) is 0. The summed E-state index contributed by atoms with van der Waals surface area (Å²) in [5, 5.41) is 4.22. The maximum absolute atomic E-state index is 5.64. The van der Waals surface area contributed by atoms with Gasteiger partial charge in [0.15, 0.2) is 0 Å². The van der Waals surface area contributed by atoms with E-state index in [1.165, 1.54) is 5.56 Å². The van der Waals surface area contributed by atoms with E-state index < -0.39 is 0 Å². The van der Waals surface area contributed by atoms with Crippen molar-refractivity contribution in [3.05, 3.63) is 35.7 Å². The summed E-state index contributed by atoms with van der Waals surface area (Å²) in [6.07, 6.45) is 0. The number of nitrogens with zero attached hydrogens (tertiary/aromatic N) is 3. The largest absolute Gasteiger partial charge is 0.366 e. The molecule has 4 heteroatoms. The van der Waals surface area contributed by atoms with Crippen molar-refractivity contribution in [2.75, 3.05) is 5.73 Å². The number of hydrogen-bond donors (Lipinski definition) is 1. The Kier molecular flexibility index (Phi) is 2.64. The van der Waals surface area contributed by atoms with E-state index in [4.69, 9.17) is 5.73 Å². The molecule has 0 aliphatic rings. The van der Waals surface area contributed by atoms with Gasteiger partial charge in [-0.15, -0.1) is 5.10 Å². The Morgan fingerprint density at radius 2 is 1.81 bits per heavy atom. The van der Waals surface area contributed by atoms with E-state index in [1.54, 1.807) is 4.68 Å². The van der Waals surface area contributed by atoms with E-state index in [1.807, 2.05) is 12.1 Å². The van der Waals surface area contributed by atoms with Crippen molar-refractivity contribution in [1.29, 1.82) is 0 Å². The highest BCUT2D eigenvalue weighted by Crippen LogP contribution is 2.18. The average molecular weight is 216 g/mol. The molecule has 84 valence electrons. The Morgan fingerprint density at radius 1 is 1.19 bits per heavy atom. The van der Waals surface area contributed by atoms with Gasteiger partial charge in [0.25, 0.3) is 0 Å². The zero-order valence-electron chi connectivity index (χ0n) is 9.81. The van der Waals surface area contributed by atoms with Crippen LogP contribution < -0.4 is 5.73 Å². The molecule has 0 fully saturated rings. The number of aryl methyl sites for hydroxylation is 1. The zero-order valence-corrected chi connectivity index (χ0v) is 9.81. The van der Waals surface area contributed by atoms with Gasteiger partial charge < -0.3 is 5.73 Å². The third-order valence-corrected chi connectivity index (χ3v) is 2.44. The summed E-state index contributed by atoms with van der Waals surface area (Å²) < 4.78 is 1.80. The van der Waals surface area contributed by atoms with E-state index in [0.717, 1.165) is 11.5 Å². The SMILES string of the molecule is Cc1ccc(-n2nc(N)nc2C(C)C)cc1. The summed E-state index contributed by atoms with van der Waals surface area (Å²) in [5.41, 5.74) is 7.86. The molecule has 0 saturated heterocycles. The summed E-state index contributed by atoms with van der Waals surface area (Å²) >= 11 is 0.